The lowest BCUT2D eigenvalue weighted by Crippen LogP contribution is -2.22. The second-order valence-electron chi connectivity index (χ2n) is 5.95. The Kier molecular flexibility index (Phi) is 5.94. The summed E-state index contributed by atoms with van der Waals surface area (Å²) in [6.07, 6.45) is 5.52. The third-order valence-corrected chi connectivity index (χ3v) is 4.04. The number of nitrogens with two attached hydrogens (primary N) is 1. The lowest BCUT2D eigenvalue weighted by Gasteiger charge is -2.11. The first-order valence-electron chi connectivity index (χ1n) is 8.50. The minimum atomic E-state index is 0.338. The maximum atomic E-state index is 5.99. The predicted octanol–water partition coefficient (Wildman–Crippen LogP) is 2.88. The number of hydrogen-bond acceptors (Lipinski definition) is 4. The van der Waals surface area contributed by atoms with E-state index in [4.69, 9.17) is 15.2 Å². The monoisotopic (exact) mass is 365 g/mol. The highest BCUT2D eigenvalue weighted by atomic mass is 16.5. The Morgan fingerprint density at radius 3 is 2.48 bits per heavy atom. The average Bonchev–Trinajstić information content (AvgIpc) is 3.20. The minimum absolute atomic E-state index is 0.338. The summed E-state index contributed by atoms with van der Waals surface area (Å²) in [6, 6.07) is 13.8. The molecule has 3 rings (SSSR count). The molecule has 7 nitrogen and oxygen atoms in total. The van der Waals surface area contributed by atoms with Crippen molar-refractivity contribution < 1.29 is 9.47 Å². The Morgan fingerprint density at radius 2 is 1.81 bits per heavy atom. The molecule has 0 amide bonds. The van der Waals surface area contributed by atoms with E-state index < -0.39 is 0 Å². The van der Waals surface area contributed by atoms with Crippen molar-refractivity contribution in [3.8, 4) is 11.5 Å². The molecule has 0 aliphatic rings. The fourth-order valence-corrected chi connectivity index (χ4v) is 2.62. The zero-order valence-corrected chi connectivity index (χ0v) is 15.4. The molecule has 3 aromatic rings. The zero-order valence-electron chi connectivity index (χ0n) is 15.4. The number of nitrogens with one attached hydrogen (secondary N) is 1. The molecule has 27 heavy (non-hydrogen) atoms. The quantitative estimate of drug-likeness (QED) is 0.497. The normalized spacial score (nSPS) is 11.3. The number of ether oxygens (including phenoxy) is 2. The molecule has 0 aliphatic heterocycles. The molecule has 0 bridgehead atoms. The van der Waals surface area contributed by atoms with E-state index in [-0.39, 0.29) is 0 Å². The van der Waals surface area contributed by atoms with Crippen LogP contribution >= 0.6 is 0 Å². The number of benzene rings is 2. The third kappa shape index (κ3) is 5.01. The van der Waals surface area contributed by atoms with Gasteiger partial charge in [-0.3, -0.25) is 0 Å². The Balaban J connectivity index is 1.58. The maximum absolute atomic E-state index is 5.99. The predicted molar refractivity (Wildman–Crippen MR) is 106 cm³/mol. The van der Waals surface area contributed by atoms with Gasteiger partial charge in [-0.25, -0.2) is 9.98 Å². The van der Waals surface area contributed by atoms with Crippen molar-refractivity contribution >= 4 is 11.6 Å². The van der Waals surface area contributed by atoms with Crippen molar-refractivity contribution in [3.63, 3.8) is 0 Å². The van der Waals surface area contributed by atoms with Crippen LogP contribution in [0.25, 0.3) is 0 Å². The minimum Gasteiger partial charge on any atom is -0.493 e. The number of hydrogen-bond donors (Lipinski definition) is 2. The average molecular weight is 365 g/mol. The second kappa shape index (κ2) is 8.75. The van der Waals surface area contributed by atoms with Crippen LogP contribution in [0.2, 0.25) is 0 Å². The van der Waals surface area contributed by atoms with Crippen molar-refractivity contribution in [1.82, 2.24) is 9.55 Å². The standard InChI is InChI=1S/C20H23N5O2/c1-26-18-8-7-17(11-19(18)27-2)24-20(21)23-12-15-3-5-16(6-4-15)13-25-10-9-22-14-25/h3-11,14H,12-13H2,1-2H3,(H3,21,23,24). The summed E-state index contributed by atoms with van der Waals surface area (Å²) in [5.74, 6) is 1.63. The maximum Gasteiger partial charge on any atom is 0.193 e. The van der Waals surface area contributed by atoms with Crippen LogP contribution < -0.4 is 20.5 Å². The van der Waals surface area contributed by atoms with Crippen LogP contribution in [-0.2, 0) is 13.1 Å². The summed E-state index contributed by atoms with van der Waals surface area (Å²) in [5, 5.41) is 3.06. The third-order valence-electron chi connectivity index (χ3n) is 4.04. The largest absolute Gasteiger partial charge is 0.493 e. The molecule has 1 aromatic heterocycles. The summed E-state index contributed by atoms with van der Waals surface area (Å²) in [4.78, 5) is 8.44. The Morgan fingerprint density at radius 1 is 1.07 bits per heavy atom. The van der Waals surface area contributed by atoms with E-state index in [1.165, 1.54) is 5.56 Å². The van der Waals surface area contributed by atoms with E-state index in [0.29, 0.717) is 24.0 Å². The lowest BCUT2D eigenvalue weighted by atomic mass is 10.1. The summed E-state index contributed by atoms with van der Waals surface area (Å²) < 4.78 is 12.5. The van der Waals surface area contributed by atoms with Gasteiger partial charge in [0, 0.05) is 30.7 Å². The first kappa shape index (κ1) is 18.3. The second-order valence-corrected chi connectivity index (χ2v) is 5.95. The van der Waals surface area contributed by atoms with Crippen molar-refractivity contribution in [1.29, 1.82) is 0 Å². The lowest BCUT2D eigenvalue weighted by molar-refractivity contribution is 0.355. The molecule has 0 atom stereocenters. The van der Waals surface area contributed by atoms with Gasteiger partial charge in [-0.2, -0.15) is 0 Å². The van der Waals surface area contributed by atoms with Gasteiger partial charge >= 0.3 is 0 Å². The Labute approximate surface area is 158 Å². The highest BCUT2D eigenvalue weighted by molar-refractivity contribution is 5.92. The zero-order chi connectivity index (χ0) is 19.1. The molecule has 0 radical (unpaired) electrons. The number of rotatable bonds is 7. The van der Waals surface area contributed by atoms with Gasteiger partial charge in [-0.1, -0.05) is 24.3 Å². The van der Waals surface area contributed by atoms with Gasteiger partial charge in [0.25, 0.3) is 0 Å². The van der Waals surface area contributed by atoms with Crippen LogP contribution in [0.1, 0.15) is 11.1 Å². The van der Waals surface area contributed by atoms with Crippen LogP contribution in [0.4, 0.5) is 5.69 Å². The van der Waals surface area contributed by atoms with Crippen molar-refractivity contribution in [3.05, 3.63) is 72.3 Å². The first-order valence-corrected chi connectivity index (χ1v) is 8.50. The SMILES string of the molecule is COc1ccc(NC(N)=NCc2ccc(Cn3ccnc3)cc2)cc1OC. The van der Waals surface area contributed by atoms with Crippen LogP contribution in [0.15, 0.2) is 66.2 Å². The smallest absolute Gasteiger partial charge is 0.193 e. The van der Waals surface area contributed by atoms with E-state index in [9.17, 15) is 0 Å². The van der Waals surface area contributed by atoms with Crippen LogP contribution in [-0.4, -0.2) is 29.7 Å². The number of anilines is 1. The van der Waals surface area contributed by atoms with Crippen LogP contribution in [0.5, 0.6) is 11.5 Å². The molecule has 0 saturated carbocycles. The number of imidazole rings is 1. The number of nitrogens with zero attached hydrogens (tertiary/aromatic N) is 3. The summed E-state index contributed by atoms with van der Waals surface area (Å²) in [6.45, 7) is 1.30. The summed E-state index contributed by atoms with van der Waals surface area (Å²) >= 11 is 0. The van der Waals surface area contributed by atoms with E-state index in [1.54, 1.807) is 26.7 Å². The molecular formula is C20H23N5O2. The van der Waals surface area contributed by atoms with Crippen LogP contribution in [0, 0.1) is 0 Å². The summed E-state index contributed by atoms with van der Waals surface area (Å²) in [5.41, 5.74) is 9.06. The van der Waals surface area contributed by atoms with E-state index >= 15 is 0 Å². The summed E-state index contributed by atoms with van der Waals surface area (Å²) in [7, 11) is 3.19. The van der Waals surface area contributed by atoms with Gasteiger partial charge in [0.2, 0.25) is 0 Å². The fourth-order valence-electron chi connectivity index (χ4n) is 2.62. The molecular weight excluding hydrogens is 342 g/mol. The molecule has 3 N–H and O–H groups in total. The molecule has 0 unspecified atom stereocenters. The van der Waals surface area contributed by atoms with Gasteiger partial charge < -0.3 is 25.1 Å². The number of aliphatic imine (C=N–C) groups is 1. The van der Waals surface area contributed by atoms with E-state index in [0.717, 1.165) is 17.8 Å². The molecule has 1 heterocycles. The topological polar surface area (TPSA) is 86.7 Å². The van der Waals surface area contributed by atoms with Gasteiger partial charge in [-0.15, -0.1) is 0 Å². The number of guanidine groups is 1. The molecule has 7 heteroatoms. The number of methoxy groups -OCH3 is 2. The first-order chi connectivity index (χ1) is 13.2. The van der Waals surface area contributed by atoms with Gasteiger partial charge in [0.15, 0.2) is 17.5 Å². The molecule has 0 saturated heterocycles. The molecule has 0 spiro atoms. The van der Waals surface area contributed by atoms with E-state index in [1.807, 2.05) is 29.0 Å². The highest BCUT2D eigenvalue weighted by Crippen LogP contribution is 2.29. The van der Waals surface area contributed by atoms with E-state index in [2.05, 4.69) is 39.6 Å². The fraction of sp³-hybridized carbons (Fsp3) is 0.200. The van der Waals surface area contributed by atoms with Gasteiger partial charge in [0.1, 0.15) is 0 Å². The number of aromatic nitrogens is 2. The Bertz CT molecular complexity index is 889. The van der Waals surface area contributed by atoms with Crippen molar-refractivity contribution in [2.24, 2.45) is 10.7 Å². The van der Waals surface area contributed by atoms with Crippen molar-refractivity contribution in [2.45, 2.75) is 13.1 Å². The molecule has 140 valence electrons. The molecule has 2 aromatic carbocycles. The van der Waals surface area contributed by atoms with Crippen LogP contribution in [0.3, 0.4) is 0 Å². The molecule has 0 aliphatic carbocycles. The van der Waals surface area contributed by atoms with Gasteiger partial charge in [-0.05, 0) is 23.3 Å². The van der Waals surface area contributed by atoms with Crippen molar-refractivity contribution in [2.75, 3.05) is 19.5 Å². The molecule has 0 fully saturated rings. The van der Waals surface area contributed by atoms with Gasteiger partial charge in [0.05, 0.1) is 27.1 Å². The highest BCUT2D eigenvalue weighted by Gasteiger charge is 2.05. The Hall–Kier alpha value is -3.48.